The molecule has 0 heterocycles. The van der Waals surface area contributed by atoms with Gasteiger partial charge in [0.25, 0.3) is 5.91 Å². The minimum atomic E-state index is -0.737. The highest BCUT2D eigenvalue weighted by Crippen LogP contribution is 2.19. The normalized spacial score (nSPS) is 11.8. The molecule has 22 heavy (non-hydrogen) atoms. The Hall–Kier alpha value is -2.36. The Bertz CT molecular complexity index is 670. The second-order valence-corrected chi connectivity index (χ2v) is 5.23. The van der Waals surface area contributed by atoms with Crippen LogP contribution < -0.4 is 10.1 Å². The third kappa shape index (κ3) is 3.85. The van der Waals surface area contributed by atoms with Gasteiger partial charge in [-0.2, -0.15) is 0 Å². The number of ether oxygens (including phenoxy) is 1. The molecule has 2 rings (SSSR count). The van der Waals surface area contributed by atoms with E-state index in [-0.39, 0.29) is 11.7 Å². The Balaban J connectivity index is 2.08. The van der Waals surface area contributed by atoms with Gasteiger partial charge in [0.1, 0.15) is 0 Å². The molecule has 1 amide bonds. The Labute approximate surface area is 130 Å². The first-order valence-electron chi connectivity index (χ1n) is 7.30. The Morgan fingerprint density at radius 3 is 2.55 bits per heavy atom. The van der Waals surface area contributed by atoms with Gasteiger partial charge in [0.05, 0.1) is 0 Å². The summed E-state index contributed by atoms with van der Waals surface area (Å²) in [5, 5.41) is 2.81. The predicted molar refractivity (Wildman–Crippen MR) is 85.7 cm³/mol. The van der Waals surface area contributed by atoms with Crippen LogP contribution in [-0.4, -0.2) is 12.0 Å². The maximum absolute atomic E-state index is 13.6. The SMILES string of the molecule is CC[C@@H](Oc1ccccc1F)C(=O)Nc1ccc(C)c(C)c1. The van der Waals surface area contributed by atoms with Crippen molar-refractivity contribution in [2.45, 2.75) is 33.3 Å². The van der Waals surface area contributed by atoms with Crippen molar-refractivity contribution in [3.05, 3.63) is 59.4 Å². The lowest BCUT2D eigenvalue weighted by atomic mass is 10.1. The smallest absolute Gasteiger partial charge is 0.265 e. The Morgan fingerprint density at radius 2 is 1.91 bits per heavy atom. The quantitative estimate of drug-likeness (QED) is 0.897. The molecule has 0 aromatic heterocycles. The fourth-order valence-corrected chi connectivity index (χ4v) is 2.06. The zero-order chi connectivity index (χ0) is 16.1. The minimum Gasteiger partial charge on any atom is -0.478 e. The van der Waals surface area contributed by atoms with E-state index in [0.717, 1.165) is 11.1 Å². The summed E-state index contributed by atoms with van der Waals surface area (Å²) < 4.78 is 19.1. The fraction of sp³-hybridized carbons (Fsp3) is 0.278. The predicted octanol–water partition coefficient (Wildman–Crippen LogP) is 4.24. The molecule has 0 spiro atoms. The number of nitrogens with one attached hydrogen (secondary N) is 1. The molecule has 0 aliphatic heterocycles. The molecular formula is C18H20FNO2. The number of carbonyl (C=O) groups is 1. The molecule has 0 radical (unpaired) electrons. The molecule has 1 atom stereocenters. The zero-order valence-electron chi connectivity index (χ0n) is 13.0. The summed E-state index contributed by atoms with van der Waals surface area (Å²) >= 11 is 0. The van der Waals surface area contributed by atoms with Crippen LogP contribution in [-0.2, 0) is 4.79 Å². The van der Waals surface area contributed by atoms with Crippen LogP contribution in [0.15, 0.2) is 42.5 Å². The molecule has 0 fully saturated rings. The number of hydrogen-bond acceptors (Lipinski definition) is 2. The summed E-state index contributed by atoms with van der Waals surface area (Å²) in [6.45, 7) is 5.82. The van der Waals surface area contributed by atoms with Crippen LogP contribution in [0.1, 0.15) is 24.5 Å². The van der Waals surface area contributed by atoms with Crippen LogP contribution in [0.3, 0.4) is 0 Å². The van der Waals surface area contributed by atoms with Crippen molar-refractivity contribution in [1.29, 1.82) is 0 Å². The number of rotatable bonds is 5. The summed E-state index contributed by atoms with van der Waals surface area (Å²) in [4.78, 5) is 12.3. The first-order valence-corrected chi connectivity index (χ1v) is 7.30. The van der Waals surface area contributed by atoms with Gasteiger partial charge in [-0.15, -0.1) is 0 Å². The molecule has 0 saturated carbocycles. The van der Waals surface area contributed by atoms with Gasteiger partial charge in [-0.25, -0.2) is 4.39 Å². The van der Waals surface area contributed by atoms with Crippen molar-refractivity contribution < 1.29 is 13.9 Å². The van der Waals surface area contributed by atoms with Crippen LogP contribution in [0.25, 0.3) is 0 Å². The summed E-state index contributed by atoms with van der Waals surface area (Å²) in [6, 6.07) is 11.8. The van der Waals surface area contributed by atoms with E-state index in [0.29, 0.717) is 12.1 Å². The van der Waals surface area contributed by atoms with E-state index >= 15 is 0 Å². The van der Waals surface area contributed by atoms with Crippen molar-refractivity contribution in [3.8, 4) is 5.75 Å². The minimum absolute atomic E-state index is 0.0876. The van der Waals surface area contributed by atoms with Crippen molar-refractivity contribution in [1.82, 2.24) is 0 Å². The van der Waals surface area contributed by atoms with Gasteiger partial charge < -0.3 is 10.1 Å². The topological polar surface area (TPSA) is 38.3 Å². The van der Waals surface area contributed by atoms with E-state index in [9.17, 15) is 9.18 Å². The first kappa shape index (κ1) is 16.0. The van der Waals surface area contributed by atoms with Gasteiger partial charge in [-0.1, -0.05) is 25.1 Å². The molecule has 4 heteroatoms. The second kappa shape index (κ2) is 7.07. The van der Waals surface area contributed by atoms with E-state index in [1.165, 1.54) is 12.1 Å². The molecule has 116 valence electrons. The molecule has 0 aliphatic carbocycles. The molecule has 0 bridgehead atoms. The third-order valence-electron chi connectivity index (χ3n) is 3.54. The monoisotopic (exact) mass is 301 g/mol. The maximum atomic E-state index is 13.6. The van der Waals surface area contributed by atoms with Crippen LogP contribution in [0, 0.1) is 19.7 Å². The van der Waals surface area contributed by atoms with Crippen molar-refractivity contribution in [2.24, 2.45) is 0 Å². The van der Waals surface area contributed by atoms with Crippen LogP contribution in [0.5, 0.6) is 5.75 Å². The molecular weight excluding hydrogens is 281 g/mol. The lowest BCUT2D eigenvalue weighted by Gasteiger charge is -2.18. The molecule has 3 nitrogen and oxygen atoms in total. The molecule has 0 unspecified atom stereocenters. The summed E-state index contributed by atoms with van der Waals surface area (Å²) in [5.41, 5.74) is 2.97. The zero-order valence-corrected chi connectivity index (χ0v) is 13.0. The van der Waals surface area contributed by atoms with Gasteiger partial charge in [0.2, 0.25) is 0 Å². The van der Waals surface area contributed by atoms with E-state index in [4.69, 9.17) is 4.74 Å². The standard InChI is InChI=1S/C18H20FNO2/c1-4-16(22-17-8-6-5-7-15(17)19)18(21)20-14-10-9-12(2)13(3)11-14/h5-11,16H,4H2,1-3H3,(H,20,21)/t16-/m1/s1. The lowest BCUT2D eigenvalue weighted by Crippen LogP contribution is -2.32. The van der Waals surface area contributed by atoms with Gasteiger partial charge >= 0.3 is 0 Å². The highest BCUT2D eigenvalue weighted by Gasteiger charge is 2.20. The summed E-state index contributed by atoms with van der Waals surface area (Å²) in [7, 11) is 0. The average Bonchev–Trinajstić information content (AvgIpc) is 2.50. The number of para-hydroxylation sites is 1. The fourth-order valence-electron chi connectivity index (χ4n) is 2.06. The molecule has 0 aliphatic rings. The van der Waals surface area contributed by atoms with Gasteiger partial charge in [-0.3, -0.25) is 4.79 Å². The number of carbonyl (C=O) groups excluding carboxylic acids is 1. The first-order chi connectivity index (χ1) is 10.5. The average molecular weight is 301 g/mol. The van der Waals surface area contributed by atoms with E-state index < -0.39 is 11.9 Å². The molecule has 2 aromatic carbocycles. The van der Waals surface area contributed by atoms with Crippen molar-refractivity contribution in [2.75, 3.05) is 5.32 Å². The second-order valence-electron chi connectivity index (χ2n) is 5.23. The van der Waals surface area contributed by atoms with Gasteiger partial charge in [0, 0.05) is 5.69 Å². The maximum Gasteiger partial charge on any atom is 0.265 e. The van der Waals surface area contributed by atoms with Crippen molar-refractivity contribution >= 4 is 11.6 Å². The van der Waals surface area contributed by atoms with Gasteiger partial charge in [-0.05, 0) is 55.7 Å². The van der Waals surface area contributed by atoms with Crippen LogP contribution in [0.4, 0.5) is 10.1 Å². The number of aryl methyl sites for hydroxylation is 2. The highest BCUT2D eigenvalue weighted by atomic mass is 19.1. The molecule has 0 saturated heterocycles. The molecule has 1 N–H and O–H groups in total. The molecule has 2 aromatic rings. The summed E-state index contributed by atoms with van der Waals surface area (Å²) in [5.74, 6) is -0.668. The highest BCUT2D eigenvalue weighted by molar-refractivity contribution is 5.94. The number of halogens is 1. The van der Waals surface area contributed by atoms with Gasteiger partial charge in [0.15, 0.2) is 17.7 Å². The summed E-state index contributed by atoms with van der Waals surface area (Å²) in [6.07, 6.45) is -0.288. The Kier molecular flexibility index (Phi) is 5.15. The van der Waals surface area contributed by atoms with Crippen LogP contribution in [0.2, 0.25) is 0 Å². The van der Waals surface area contributed by atoms with Crippen molar-refractivity contribution in [3.63, 3.8) is 0 Å². The third-order valence-corrected chi connectivity index (χ3v) is 3.54. The number of anilines is 1. The lowest BCUT2D eigenvalue weighted by molar-refractivity contribution is -0.122. The van der Waals surface area contributed by atoms with E-state index in [2.05, 4.69) is 5.32 Å². The number of amides is 1. The number of benzene rings is 2. The largest absolute Gasteiger partial charge is 0.478 e. The van der Waals surface area contributed by atoms with Crippen LogP contribution >= 0.6 is 0 Å². The Morgan fingerprint density at radius 1 is 1.18 bits per heavy atom. The number of hydrogen-bond donors (Lipinski definition) is 1. The van der Waals surface area contributed by atoms with E-state index in [1.807, 2.05) is 39.0 Å². The van der Waals surface area contributed by atoms with E-state index in [1.54, 1.807) is 12.1 Å².